The summed E-state index contributed by atoms with van der Waals surface area (Å²) in [6.45, 7) is 0. The molecule has 1 heterocycles. The first-order chi connectivity index (χ1) is 15.3. The van der Waals surface area contributed by atoms with Gasteiger partial charge in [0.25, 0.3) is 0 Å². The largest absolute Gasteiger partial charge is 0.457 e. The quantitative estimate of drug-likeness (QED) is 0.243. The molecule has 7 rings (SSSR count). The van der Waals surface area contributed by atoms with Gasteiger partial charge in [0.2, 0.25) is 0 Å². The Morgan fingerprint density at radius 1 is 0.516 bits per heavy atom. The van der Waals surface area contributed by atoms with Gasteiger partial charge in [0, 0.05) is 21.7 Å². The first kappa shape index (κ1) is 17.2. The van der Waals surface area contributed by atoms with Gasteiger partial charge in [-0.15, -0.1) is 0 Å². The van der Waals surface area contributed by atoms with Gasteiger partial charge in [0.15, 0.2) is 0 Å². The molecule has 0 radical (unpaired) electrons. The van der Waals surface area contributed by atoms with Crippen LogP contribution in [0.15, 0.2) is 103 Å². The normalized spacial score (nSPS) is 14.5. The maximum atomic E-state index is 6.92. The minimum absolute atomic E-state index is 0.467. The molecule has 0 bridgehead atoms. The molecule has 1 nitrogen and oxygen atoms in total. The molecule has 1 aliphatic carbocycles. The van der Waals surface area contributed by atoms with Crippen LogP contribution in [0.2, 0.25) is 5.02 Å². The molecule has 0 N–H and O–H groups in total. The van der Waals surface area contributed by atoms with E-state index in [2.05, 4.69) is 84.9 Å². The fraction of sp³-hybridized carbons (Fsp3) is 0.0345. The molecular formula is C29H17ClO. The first-order valence-corrected chi connectivity index (χ1v) is 10.9. The third-order valence-corrected chi connectivity index (χ3v) is 7.12. The van der Waals surface area contributed by atoms with Gasteiger partial charge in [0.1, 0.15) is 11.5 Å². The molecule has 2 heteroatoms. The van der Waals surface area contributed by atoms with Crippen LogP contribution in [0.25, 0.3) is 21.9 Å². The summed E-state index contributed by atoms with van der Waals surface area (Å²) >= 11 is 6.92. The Kier molecular flexibility index (Phi) is 3.32. The Morgan fingerprint density at radius 2 is 1.13 bits per heavy atom. The fourth-order valence-electron chi connectivity index (χ4n) is 5.66. The van der Waals surface area contributed by atoms with Gasteiger partial charge < -0.3 is 4.74 Å². The van der Waals surface area contributed by atoms with E-state index in [1.165, 1.54) is 27.5 Å². The lowest BCUT2D eigenvalue weighted by molar-refractivity contribution is 0.436. The summed E-state index contributed by atoms with van der Waals surface area (Å²) in [4.78, 5) is 0. The average Bonchev–Trinajstić information content (AvgIpc) is 3.12. The molecule has 0 atom stereocenters. The second-order valence-electron chi connectivity index (χ2n) is 8.22. The number of halogens is 1. The van der Waals surface area contributed by atoms with Gasteiger partial charge in [-0.1, -0.05) is 96.5 Å². The topological polar surface area (TPSA) is 9.23 Å². The third-order valence-electron chi connectivity index (χ3n) is 6.80. The van der Waals surface area contributed by atoms with Crippen molar-refractivity contribution in [3.05, 3.63) is 130 Å². The third kappa shape index (κ3) is 2.02. The van der Waals surface area contributed by atoms with Crippen molar-refractivity contribution in [3.63, 3.8) is 0 Å². The van der Waals surface area contributed by atoms with Crippen LogP contribution in [0.1, 0.15) is 22.3 Å². The van der Waals surface area contributed by atoms with Crippen molar-refractivity contribution < 1.29 is 4.74 Å². The molecule has 5 aromatic rings. The maximum Gasteiger partial charge on any atom is 0.132 e. The van der Waals surface area contributed by atoms with Crippen LogP contribution >= 0.6 is 11.6 Å². The number of fused-ring (bicyclic) bond motifs is 11. The predicted molar refractivity (Wildman–Crippen MR) is 126 cm³/mol. The highest BCUT2D eigenvalue weighted by molar-refractivity contribution is 6.34. The monoisotopic (exact) mass is 416 g/mol. The highest BCUT2D eigenvalue weighted by atomic mass is 35.5. The molecule has 0 saturated heterocycles. The summed E-state index contributed by atoms with van der Waals surface area (Å²) in [5, 5.41) is 3.24. The molecule has 1 aliphatic heterocycles. The second-order valence-corrected chi connectivity index (χ2v) is 8.62. The number of rotatable bonds is 0. The summed E-state index contributed by atoms with van der Waals surface area (Å²) < 4.78 is 6.38. The summed E-state index contributed by atoms with van der Waals surface area (Å²) in [6.07, 6.45) is 0. The lowest BCUT2D eigenvalue weighted by atomic mass is 9.66. The van der Waals surface area contributed by atoms with Crippen molar-refractivity contribution in [2.24, 2.45) is 0 Å². The summed E-state index contributed by atoms with van der Waals surface area (Å²) in [5.74, 6) is 1.79. The van der Waals surface area contributed by atoms with Crippen LogP contribution in [0, 0.1) is 0 Å². The van der Waals surface area contributed by atoms with Crippen LogP contribution in [-0.4, -0.2) is 0 Å². The molecule has 0 saturated carbocycles. The van der Waals surface area contributed by atoms with E-state index in [1.54, 1.807) is 0 Å². The van der Waals surface area contributed by atoms with Gasteiger partial charge in [-0.3, -0.25) is 0 Å². The van der Waals surface area contributed by atoms with Crippen LogP contribution < -0.4 is 4.74 Å². The molecule has 146 valence electrons. The summed E-state index contributed by atoms with van der Waals surface area (Å²) in [7, 11) is 0. The van der Waals surface area contributed by atoms with E-state index in [-0.39, 0.29) is 0 Å². The highest BCUT2D eigenvalue weighted by Gasteiger charge is 2.51. The highest BCUT2D eigenvalue weighted by Crippen LogP contribution is 2.63. The molecule has 0 aromatic heterocycles. The lowest BCUT2D eigenvalue weighted by Gasteiger charge is -2.39. The van der Waals surface area contributed by atoms with E-state index >= 15 is 0 Å². The number of hydrogen-bond donors (Lipinski definition) is 0. The predicted octanol–water partition coefficient (Wildman–Crippen LogP) is 7.96. The lowest BCUT2D eigenvalue weighted by Crippen LogP contribution is -2.32. The number of para-hydroxylation sites is 2. The number of benzene rings is 5. The van der Waals surface area contributed by atoms with Crippen molar-refractivity contribution in [1.29, 1.82) is 0 Å². The standard InChI is InChI=1S/C29H17ClO/c30-24-13-7-12-22-28(24)27-19-9-2-1-8-18(19)16-17-23(27)29(22)20-10-3-5-14-25(20)31-26-15-6-4-11-21(26)29/h1-17H. The molecule has 0 fully saturated rings. The van der Waals surface area contributed by atoms with Gasteiger partial charge in [-0.2, -0.15) is 0 Å². The van der Waals surface area contributed by atoms with E-state index in [0.29, 0.717) is 0 Å². The Morgan fingerprint density at radius 3 is 1.90 bits per heavy atom. The zero-order chi connectivity index (χ0) is 20.6. The molecule has 5 aromatic carbocycles. The molecule has 1 spiro atoms. The van der Waals surface area contributed by atoms with Crippen molar-refractivity contribution in [2.45, 2.75) is 5.41 Å². The van der Waals surface area contributed by atoms with Crippen LogP contribution in [0.3, 0.4) is 0 Å². The van der Waals surface area contributed by atoms with Gasteiger partial charge in [0.05, 0.1) is 5.41 Å². The van der Waals surface area contributed by atoms with Gasteiger partial charge >= 0.3 is 0 Å². The number of ether oxygens (including phenoxy) is 1. The second kappa shape index (κ2) is 6.00. The summed E-state index contributed by atoms with van der Waals surface area (Å²) in [6, 6.07) is 36.2. The van der Waals surface area contributed by atoms with Crippen LogP contribution in [-0.2, 0) is 5.41 Å². The fourth-order valence-corrected chi connectivity index (χ4v) is 5.93. The molecule has 31 heavy (non-hydrogen) atoms. The maximum absolute atomic E-state index is 6.92. The minimum atomic E-state index is -0.467. The zero-order valence-electron chi connectivity index (χ0n) is 16.6. The number of hydrogen-bond acceptors (Lipinski definition) is 1. The smallest absolute Gasteiger partial charge is 0.132 e. The zero-order valence-corrected chi connectivity index (χ0v) is 17.4. The van der Waals surface area contributed by atoms with Gasteiger partial charge in [-0.25, -0.2) is 0 Å². The minimum Gasteiger partial charge on any atom is -0.457 e. The molecule has 0 unspecified atom stereocenters. The van der Waals surface area contributed by atoms with E-state index in [9.17, 15) is 0 Å². The Balaban J connectivity index is 1.76. The average molecular weight is 417 g/mol. The SMILES string of the molecule is Clc1cccc2c1-c1c(ccc3ccccc13)C21c2ccccc2Oc2ccccc21. The Labute approximate surface area is 185 Å². The van der Waals surface area contributed by atoms with E-state index < -0.39 is 5.41 Å². The van der Waals surface area contributed by atoms with Crippen LogP contribution in [0.5, 0.6) is 11.5 Å². The van der Waals surface area contributed by atoms with Crippen molar-refractivity contribution in [1.82, 2.24) is 0 Å². The first-order valence-electron chi connectivity index (χ1n) is 10.5. The van der Waals surface area contributed by atoms with Gasteiger partial charge in [-0.05, 0) is 45.7 Å². The van der Waals surface area contributed by atoms with E-state index in [4.69, 9.17) is 16.3 Å². The van der Waals surface area contributed by atoms with Crippen molar-refractivity contribution in [3.8, 4) is 22.6 Å². The summed E-state index contributed by atoms with van der Waals surface area (Å²) in [5.41, 5.74) is 6.68. The molecule has 0 amide bonds. The Hall–Kier alpha value is -3.55. The van der Waals surface area contributed by atoms with Crippen molar-refractivity contribution in [2.75, 3.05) is 0 Å². The van der Waals surface area contributed by atoms with E-state index in [1.807, 2.05) is 18.2 Å². The van der Waals surface area contributed by atoms with Crippen molar-refractivity contribution >= 4 is 22.4 Å². The van der Waals surface area contributed by atoms with Crippen LogP contribution in [0.4, 0.5) is 0 Å². The molecular weight excluding hydrogens is 400 g/mol. The molecule has 2 aliphatic rings. The Bertz CT molecular complexity index is 1490. The van der Waals surface area contributed by atoms with E-state index in [0.717, 1.165) is 33.2 Å².